The third-order valence-corrected chi connectivity index (χ3v) is 3.00. The van der Waals surface area contributed by atoms with E-state index in [4.69, 9.17) is 5.73 Å². The summed E-state index contributed by atoms with van der Waals surface area (Å²) in [6.45, 7) is 6.42. The number of hydrogen-bond donors (Lipinski definition) is 2. The van der Waals surface area contributed by atoms with Crippen molar-refractivity contribution in [2.24, 2.45) is 16.6 Å². The van der Waals surface area contributed by atoms with Gasteiger partial charge < -0.3 is 11.1 Å². The van der Waals surface area contributed by atoms with Crippen molar-refractivity contribution in [3.05, 3.63) is 53.9 Å². The molecule has 21 heavy (non-hydrogen) atoms. The number of nitrogens with two attached hydrogens (primary N) is 1. The molecule has 3 N–H and O–H groups in total. The first-order valence-corrected chi connectivity index (χ1v) is 7.22. The molecule has 2 rings (SSSR count). The van der Waals surface area contributed by atoms with E-state index in [-0.39, 0.29) is 0 Å². The van der Waals surface area contributed by atoms with Gasteiger partial charge in [-0.3, -0.25) is 4.68 Å². The number of aromatic nitrogens is 2. The number of nitrogens with zero attached hydrogens (tertiary/aromatic N) is 3. The van der Waals surface area contributed by atoms with E-state index in [1.54, 1.807) is 0 Å². The Kier molecular flexibility index (Phi) is 5.37. The van der Waals surface area contributed by atoms with Gasteiger partial charge in [-0.05, 0) is 11.5 Å². The van der Waals surface area contributed by atoms with Crippen molar-refractivity contribution < 1.29 is 0 Å². The molecule has 1 aromatic heterocycles. The lowest BCUT2D eigenvalue weighted by Crippen LogP contribution is -2.34. The number of hydrogen-bond acceptors (Lipinski definition) is 2. The molecule has 2 aromatic rings. The summed E-state index contributed by atoms with van der Waals surface area (Å²) in [5, 5.41) is 7.45. The van der Waals surface area contributed by atoms with Gasteiger partial charge in [0.15, 0.2) is 5.96 Å². The molecular formula is C16H23N5. The molecule has 1 aromatic carbocycles. The number of guanidine groups is 1. The summed E-state index contributed by atoms with van der Waals surface area (Å²) in [4.78, 5) is 4.32. The van der Waals surface area contributed by atoms with E-state index in [0.717, 1.165) is 18.7 Å². The van der Waals surface area contributed by atoms with Crippen LogP contribution in [0.5, 0.6) is 0 Å². The van der Waals surface area contributed by atoms with E-state index in [1.807, 2.05) is 35.3 Å². The number of aliphatic imine (C=N–C) groups is 1. The van der Waals surface area contributed by atoms with Crippen LogP contribution in [0, 0.1) is 5.92 Å². The predicted molar refractivity (Wildman–Crippen MR) is 85.9 cm³/mol. The molecule has 0 saturated heterocycles. The van der Waals surface area contributed by atoms with E-state index >= 15 is 0 Å². The summed E-state index contributed by atoms with van der Waals surface area (Å²) >= 11 is 0. The summed E-state index contributed by atoms with van der Waals surface area (Å²) < 4.78 is 1.91. The third-order valence-electron chi connectivity index (χ3n) is 3.00. The molecule has 0 spiro atoms. The molecule has 0 aliphatic rings. The van der Waals surface area contributed by atoms with Crippen molar-refractivity contribution >= 4 is 5.96 Å². The Balaban J connectivity index is 1.87. The fourth-order valence-electron chi connectivity index (χ4n) is 1.89. The lowest BCUT2D eigenvalue weighted by atomic mass is 10.2. The highest BCUT2D eigenvalue weighted by atomic mass is 15.3. The second-order valence-electron chi connectivity index (χ2n) is 5.51. The largest absolute Gasteiger partial charge is 0.370 e. The van der Waals surface area contributed by atoms with Crippen LogP contribution in [0.3, 0.4) is 0 Å². The zero-order valence-electron chi connectivity index (χ0n) is 12.7. The molecule has 1 heterocycles. The van der Waals surface area contributed by atoms with Crippen molar-refractivity contribution in [3.8, 4) is 0 Å². The quantitative estimate of drug-likeness (QED) is 0.630. The van der Waals surface area contributed by atoms with Crippen LogP contribution in [0.2, 0.25) is 0 Å². The van der Waals surface area contributed by atoms with Gasteiger partial charge in [-0.2, -0.15) is 5.10 Å². The fourth-order valence-corrected chi connectivity index (χ4v) is 1.89. The van der Waals surface area contributed by atoms with E-state index in [9.17, 15) is 0 Å². The highest BCUT2D eigenvalue weighted by Crippen LogP contribution is 2.04. The molecule has 0 unspecified atom stereocenters. The molecule has 5 nitrogen and oxygen atoms in total. The molecule has 5 heteroatoms. The Hall–Kier alpha value is -2.30. The predicted octanol–water partition coefficient (Wildman–Crippen LogP) is 1.99. The number of nitrogens with one attached hydrogen (secondary N) is 1. The summed E-state index contributed by atoms with van der Waals surface area (Å²) in [6, 6.07) is 10.3. The highest BCUT2D eigenvalue weighted by molar-refractivity contribution is 5.77. The van der Waals surface area contributed by atoms with Gasteiger partial charge in [-0.15, -0.1) is 0 Å². The van der Waals surface area contributed by atoms with Gasteiger partial charge in [-0.25, -0.2) is 4.99 Å². The zero-order chi connectivity index (χ0) is 15.1. The lowest BCUT2D eigenvalue weighted by Gasteiger charge is -2.07. The van der Waals surface area contributed by atoms with E-state index in [1.165, 1.54) is 5.56 Å². The van der Waals surface area contributed by atoms with Gasteiger partial charge in [-0.1, -0.05) is 44.2 Å². The standard InChI is InChI=1S/C16H23N5/c1-13(2)8-18-16(17)19-9-15-10-20-21(12-15)11-14-6-4-3-5-7-14/h3-7,10,12-13H,8-9,11H2,1-2H3,(H3,17,18,19). The van der Waals surface area contributed by atoms with Gasteiger partial charge in [0.25, 0.3) is 0 Å². The molecular weight excluding hydrogens is 262 g/mol. The van der Waals surface area contributed by atoms with Crippen LogP contribution in [0.4, 0.5) is 0 Å². The molecule has 0 radical (unpaired) electrons. The summed E-state index contributed by atoms with van der Waals surface area (Å²) in [6.07, 6.45) is 3.84. The van der Waals surface area contributed by atoms with Gasteiger partial charge in [0, 0.05) is 18.3 Å². The van der Waals surface area contributed by atoms with Crippen molar-refractivity contribution in [1.29, 1.82) is 0 Å². The Labute approximate surface area is 125 Å². The highest BCUT2D eigenvalue weighted by Gasteiger charge is 2.00. The molecule has 0 atom stereocenters. The topological polar surface area (TPSA) is 68.2 Å². The SMILES string of the molecule is CC(C)CNC(N)=NCc1cnn(Cc2ccccc2)c1. The molecule has 0 saturated carbocycles. The average molecular weight is 285 g/mol. The van der Waals surface area contributed by atoms with Crippen LogP contribution in [-0.2, 0) is 13.1 Å². The van der Waals surface area contributed by atoms with Crippen LogP contribution in [0.15, 0.2) is 47.7 Å². The minimum absolute atomic E-state index is 0.486. The molecule has 0 amide bonds. The van der Waals surface area contributed by atoms with Gasteiger partial charge in [0.1, 0.15) is 0 Å². The van der Waals surface area contributed by atoms with Crippen LogP contribution in [-0.4, -0.2) is 22.3 Å². The second-order valence-corrected chi connectivity index (χ2v) is 5.51. The summed E-state index contributed by atoms with van der Waals surface area (Å²) in [5.41, 5.74) is 8.10. The second kappa shape index (κ2) is 7.47. The summed E-state index contributed by atoms with van der Waals surface area (Å²) in [7, 11) is 0. The molecule has 0 aliphatic heterocycles. The number of rotatable bonds is 6. The van der Waals surface area contributed by atoms with Crippen molar-refractivity contribution in [3.63, 3.8) is 0 Å². The van der Waals surface area contributed by atoms with Crippen LogP contribution < -0.4 is 11.1 Å². The van der Waals surface area contributed by atoms with Crippen LogP contribution >= 0.6 is 0 Å². The normalized spacial score (nSPS) is 11.9. The Bertz CT molecular complexity index is 571. The van der Waals surface area contributed by atoms with Crippen molar-refractivity contribution in [2.45, 2.75) is 26.9 Å². The van der Waals surface area contributed by atoms with Gasteiger partial charge >= 0.3 is 0 Å². The Morgan fingerprint density at radius 2 is 2.05 bits per heavy atom. The maximum atomic E-state index is 5.81. The van der Waals surface area contributed by atoms with Crippen LogP contribution in [0.1, 0.15) is 25.0 Å². The Morgan fingerprint density at radius 3 is 2.76 bits per heavy atom. The average Bonchev–Trinajstić information content (AvgIpc) is 2.91. The maximum absolute atomic E-state index is 5.81. The van der Waals surface area contributed by atoms with E-state index in [0.29, 0.717) is 18.4 Å². The van der Waals surface area contributed by atoms with E-state index in [2.05, 4.69) is 41.4 Å². The van der Waals surface area contributed by atoms with Crippen LogP contribution in [0.25, 0.3) is 0 Å². The zero-order valence-corrected chi connectivity index (χ0v) is 12.7. The smallest absolute Gasteiger partial charge is 0.188 e. The molecule has 0 aliphatic carbocycles. The maximum Gasteiger partial charge on any atom is 0.188 e. The first kappa shape index (κ1) is 15.1. The lowest BCUT2D eigenvalue weighted by molar-refractivity contribution is 0.622. The first-order chi connectivity index (χ1) is 10.1. The Morgan fingerprint density at radius 1 is 1.29 bits per heavy atom. The number of benzene rings is 1. The molecule has 0 fully saturated rings. The minimum Gasteiger partial charge on any atom is -0.370 e. The van der Waals surface area contributed by atoms with Gasteiger partial charge in [0.2, 0.25) is 0 Å². The monoisotopic (exact) mass is 285 g/mol. The minimum atomic E-state index is 0.486. The van der Waals surface area contributed by atoms with Crippen molar-refractivity contribution in [1.82, 2.24) is 15.1 Å². The first-order valence-electron chi connectivity index (χ1n) is 7.22. The van der Waals surface area contributed by atoms with Gasteiger partial charge in [0.05, 0.1) is 19.3 Å². The molecule has 112 valence electrons. The van der Waals surface area contributed by atoms with Crippen molar-refractivity contribution in [2.75, 3.05) is 6.54 Å². The summed E-state index contributed by atoms with van der Waals surface area (Å²) in [5.74, 6) is 1.03. The molecule has 0 bridgehead atoms. The third kappa shape index (κ3) is 5.30. The fraction of sp³-hybridized carbons (Fsp3) is 0.375. The van der Waals surface area contributed by atoms with E-state index < -0.39 is 0 Å².